The molecular weight excluding hydrogens is 332 g/mol. The molecular formula is C14H13F2NO5S. The fourth-order valence-corrected chi connectivity index (χ4v) is 5.82. The first-order valence-electron chi connectivity index (χ1n) is 7.07. The van der Waals surface area contributed by atoms with Crippen LogP contribution in [0.5, 0.6) is 11.5 Å². The number of nitrogens with one attached hydrogen (secondary N) is 1. The van der Waals surface area contributed by atoms with Crippen LogP contribution in [0.3, 0.4) is 0 Å². The van der Waals surface area contributed by atoms with Gasteiger partial charge >= 0.3 is 6.29 Å². The zero-order valence-electron chi connectivity index (χ0n) is 11.8. The minimum Gasteiger partial charge on any atom is -0.395 e. The molecule has 1 N–H and O–H groups in total. The molecule has 23 heavy (non-hydrogen) atoms. The van der Waals surface area contributed by atoms with E-state index in [1.54, 1.807) is 0 Å². The minimum absolute atomic E-state index is 0.0877. The van der Waals surface area contributed by atoms with Crippen molar-refractivity contribution in [1.29, 1.82) is 0 Å². The van der Waals surface area contributed by atoms with Crippen LogP contribution < -0.4 is 14.8 Å². The summed E-state index contributed by atoms with van der Waals surface area (Å²) in [5.74, 6) is -0.410. The van der Waals surface area contributed by atoms with Crippen LogP contribution in [0.25, 0.3) is 0 Å². The number of rotatable bonds is 2. The summed E-state index contributed by atoms with van der Waals surface area (Å²) in [5.41, 5.74) is 0.106. The SMILES string of the molecule is O=C(Nc1ccc2c(c1)OC(F)(F)O2)C1CC2(C1)CS(=O)(=O)C2. The molecule has 0 radical (unpaired) electrons. The predicted octanol–water partition coefficient (Wildman–Crippen LogP) is 1.77. The van der Waals surface area contributed by atoms with Crippen LogP contribution >= 0.6 is 0 Å². The van der Waals surface area contributed by atoms with E-state index >= 15 is 0 Å². The van der Waals surface area contributed by atoms with Crippen molar-refractivity contribution >= 4 is 21.4 Å². The van der Waals surface area contributed by atoms with E-state index in [2.05, 4.69) is 14.8 Å². The molecule has 3 aliphatic rings. The number of hydrogen-bond acceptors (Lipinski definition) is 5. The Balaban J connectivity index is 1.38. The fraction of sp³-hybridized carbons (Fsp3) is 0.500. The minimum atomic E-state index is -3.69. The van der Waals surface area contributed by atoms with Crippen molar-refractivity contribution in [3.8, 4) is 11.5 Å². The summed E-state index contributed by atoms with van der Waals surface area (Å²) in [4.78, 5) is 12.1. The molecule has 1 spiro atoms. The zero-order valence-corrected chi connectivity index (χ0v) is 12.7. The quantitative estimate of drug-likeness (QED) is 0.883. The average Bonchev–Trinajstić information content (AvgIpc) is 2.65. The van der Waals surface area contributed by atoms with E-state index in [1.165, 1.54) is 18.2 Å². The summed E-state index contributed by atoms with van der Waals surface area (Å²) in [6.07, 6.45) is -2.61. The van der Waals surface area contributed by atoms with Gasteiger partial charge in [-0.2, -0.15) is 0 Å². The monoisotopic (exact) mass is 345 g/mol. The second-order valence-electron chi connectivity index (χ2n) is 6.46. The standard InChI is InChI=1S/C14H13F2NO5S/c15-14(16)21-10-2-1-9(3-11(10)22-14)17-12(18)8-4-13(5-8)6-23(19,20)7-13/h1-3,8H,4-7H2,(H,17,18). The normalized spacial score (nSPS) is 25.5. The van der Waals surface area contributed by atoms with Crippen LogP contribution in [0.2, 0.25) is 0 Å². The van der Waals surface area contributed by atoms with Crippen molar-refractivity contribution in [1.82, 2.24) is 0 Å². The summed E-state index contributed by atoms with van der Waals surface area (Å²) >= 11 is 0. The lowest BCUT2D eigenvalue weighted by atomic mass is 9.63. The second-order valence-corrected chi connectivity index (χ2v) is 8.52. The number of amides is 1. The second kappa shape index (κ2) is 4.34. The molecule has 0 aromatic heterocycles. The maximum Gasteiger partial charge on any atom is 0.586 e. The molecule has 1 aromatic rings. The highest BCUT2D eigenvalue weighted by Gasteiger charge is 2.57. The molecule has 1 aromatic carbocycles. The molecule has 1 amide bonds. The van der Waals surface area contributed by atoms with Crippen molar-refractivity contribution in [3.05, 3.63) is 18.2 Å². The first kappa shape index (κ1) is 14.7. The van der Waals surface area contributed by atoms with E-state index in [0.717, 1.165) is 0 Å². The van der Waals surface area contributed by atoms with Gasteiger partial charge in [-0.3, -0.25) is 4.79 Å². The van der Waals surface area contributed by atoms with Crippen molar-refractivity contribution in [3.63, 3.8) is 0 Å². The van der Waals surface area contributed by atoms with E-state index < -0.39 is 16.1 Å². The lowest BCUT2D eigenvalue weighted by Gasteiger charge is -2.52. The fourth-order valence-electron chi connectivity index (χ4n) is 3.57. The summed E-state index contributed by atoms with van der Waals surface area (Å²) < 4.78 is 56.9. The number of carbonyl (C=O) groups excluding carboxylic acids is 1. The van der Waals surface area contributed by atoms with Crippen LogP contribution in [0.1, 0.15) is 12.8 Å². The Morgan fingerprint density at radius 1 is 1.17 bits per heavy atom. The third-order valence-electron chi connectivity index (χ3n) is 4.45. The molecule has 2 aliphatic heterocycles. The van der Waals surface area contributed by atoms with Crippen LogP contribution in [-0.2, 0) is 14.6 Å². The Hall–Kier alpha value is -1.90. The average molecular weight is 345 g/mol. The number of halogens is 2. The Labute approximate surface area is 130 Å². The molecule has 1 saturated carbocycles. The molecule has 9 heteroatoms. The lowest BCUT2D eigenvalue weighted by Crippen LogP contribution is -2.58. The highest BCUT2D eigenvalue weighted by atomic mass is 32.2. The number of anilines is 1. The van der Waals surface area contributed by atoms with Gasteiger partial charge in [-0.05, 0) is 30.4 Å². The van der Waals surface area contributed by atoms with Crippen molar-refractivity contribution < 1.29 is 31.5 Å². The summed E-state index contributed by atoms with van der Waals surface area (Å²) in [6.45, 7) is 0. The van der Waals surface area contributed by atoms with E-state index in [-0.39, 0.29) is 40.2 Å². The van der Waals surface area contributed by atoms with Gasteiger partial charge in [-0.25, -0.2) is 8.42 Å². The Morgan fingerprint density at radius 2 is 1.83 bits per heavy atom. The molecule has 4 rings (SSSR count). The molecule has 0 unspecified atom stereocenters. The molecule has 1 aliphatic carbocycles. The molecule has 2 heterocycles. The predicted molar refractivity (Wildman–Crippen MR) is 75.1 cm³/mol. The molecule has 0 atom stereocenters. The third-order valence-corrected chi connectivity index (χ3v) is 6.56. The van der Waals surface area contributed by atoms with E-state index in [0.29, 0.717) is 18.5 Å². The molecule has 0 bridgehead atoms. The van der Waals surface area contributed by atoms with Gasteiger partial charge in [-0.15, -0.1) is 8.78 Å². The first-order valence-corrected chi connectivity index (χ1v) is 8.89. The van der Waals surface area contributed by atoms with Crippen molar-refractivity contribution in [2.75, 3.05) is 16.8 Å². The number of benzene rings is 1. The number of alkyl halides is 2. The largest absolute Gasteiger partial charge is 0.586 e. The van der Waals surface area contributed by atoms with Crippen LogP contribution in [0, 0.1) is 11.3 Å². The first-order chi connectivity index (χ1) is 10.7. The number of sulfone groups is 1. The number of carbonyl (C=O) groups is 1. The summed E-state index contributed by atoms with van der Waals surface area (Å²) in [7, 11) is -2.91. The lowest BCUT2D eigenvalue weighted by molar-refractivity contribution is -0.286. The molecule has 124 valence electrons. The number of hydrogen-bond donors (Lipinski definition) is 1. The van der Waals surface area contributed by atoms with Crippen molar-refractivity contribution in [2.45, 2.75) is 19.1 Å². The van der Waals surface area contributed by atoms with Gasteiger partial charge in [0.25, 0.3) is 0 Å². The molecule has 2 fully saturated rings. The van der Waals surface area contributed by atoms with Crippen LogP contribution in [0.15, 0.2) is 18.2 Å². The maximum absolute atomic E-state index is 12.9. The van der Waals surface area contributed by atoms with Gasteiger partial charge in [0.05, 0.1) is 11.5 Å². The third kappa shape index (κ3) is 2.52. The van der Waals surface area contributed by atoms with E-state index in [9.17, 15) is 22.0 Å². The van der Waals surface area contributed by atoms with Gasteiger partial charge < -0.3 is 14.8 Å². The highest BCUT2D eigenvalue weighted by Crippen LogP contribution is 2.53. The summed E-state index contributed by atoms with van der Waals surface area (Å²) in [6, 6.07) is 4.02. The van der Waals surface area contributed by atoms with Crippen LogP contribution in [0.4, 0.5) is 14.5 Å². The summed E-state index contributed by atoms with van der Waals surface area (Å²) in [5, 5.41) is 2.64. The van der Waals surface area contributed by atoms with Gasteiger partial charge in [0.15, 0.2) is 21.3 Å². The smallest absolute Gasteiger partial charge is 0.395 e. The van der Waals surface area contributed by atoms with Gasteiger partial charge in [0, 0.05) is 17.7 Å². The Kier molecular flexibility index (Phi) is 2.77. The highest BCUT2D eigenvalue weighted by molar-refractivity contribution is 7.92. The number of fused-ring (bicyclic) bond motifs is 1. The topological polar surface area (TPSA) is 81.7 Å². The van der Waals surface area contributed by atoms with Crippen molar-refractivity contribution in [2.24, 2.45) is 11.3 Å². The van der Waals surface area contributed by atoms with E-state index in [4.69, 9.17) is 0 Å². The Morgan fingerprint density at radius 3 is 2.48 bits per heavy atom. The van der Waals surface area contributed by atoms with Gasteiger partial charge in [0.1, 0.15) is 0 Å². The van der Waals surface area contributed by atoms with Gasteiger partial charge in [-0.1, -0.05) is 0 Å². The Bertz CT molecular complexity index is 787. The zero-order chi connectivity index (χ0) is 16.5. The van der Waals surface area contributed by atoms with Crippen LogP contribution in [-0.4, -0.2) is 32.1 Å². The van der Waals surface area contributed by atoms with E-state index in [1.807, 2.05) is 0 Å². The maximum atomic E-state index is 12.9. The molecule has 1 saturated heterocycles. The number of ether oxygens (including phenoxy) is 2. The van der Waals surface area contributed by atoms with Gasteiger partial charge in [0.2, 0.25) is 5.91 Å². The molecule has 6 nitrogen and oxygen atoms in total.